The summed E-state index contributed by atoms with van der Waals surface area (Å²) in [6.07, 6.45) is 1.25. The molecule has 2 amide bonds. The lowest BCUT2D eigenvalue weighted by atomic mass is 9.95. The Morgan fingerprint density at radius 3 is 2.48 bits per heavy atom. The van der Waals surface area contributed by atoms with Crippen LogP contribution in [0.2, 0.25) is 0 Å². The van der Waals surface area contributed by atoms with Crippen molar-refractivity contribution in [2.24, 2.45) is 5.92 Å². The number of piperidine rings is 1. The molecule has 0 atom stereocenters. The number of rotatable bonds is 2. The van der Waals surface area contributed by atoms with Crippen LogP contribution in [-0.4, -0.2) is 48.8 Å². The summed E-state index contributed by atoms with van der Waals surface area (Å²) < 4.78 is 14.2. The maximum atomic E-state index is 14.0. The summed E-state index contributed by atoms with van der Waals surface area (Å²) in [5.41, 5.74) is 0.0711. The van der Waals surface area contributed by atoms with Crippen LogP contribution < -0.4 is 0 Å². The van der Waals surface area contributed by atoms with Crippen LogP contribution in [0, 0.1) is 11.7 Å². The molecule has 114 valence electrons. The number of amides is 2. The highest BCUT2D eigenvalue weighted by Crippen LogP contribution is 2.23. The Kier molecular flexibility index (Phi) is 4.98. The summed E-state index contributed by atoms with van der Waals surface area (Å²) in [5, 5.41) is 0. The predicted octanol–water partition coefficient (Wildman–Crippen LogP) is 2.53. The van der Waals surface area contributed by atoms with Crippen molar-refractivity contribution in [1.82, 2.24) is 9.80 Å². The normalized spacial score (nSPS) is 15.9. The standard InChI is InChI=1S/C15H18BrFN2O2/c1-18(2)14(20)10-6-8-19(9-7-10)15(21)11-4-3-5-12(16)13(11)17/h3-5,10H,6-9H2,1-2H3. The van der Waals surface area contributed by atoms with Crippen LogP contribution in [0.3, 0.4) is 0 Å². The monoisotopic (exact) mass is 356 g/mol. The minimum Gasteiger partial charge on any atom is -0.349 e. The maximum Gasteiger partial charge on any atom is 0.256 e. The average molecular weight is 357 g/mol. The fourth-order valence-electron chi connectivity index (χ4n) is 2.53. The van der Waals surface area contributed by atoms with Gasteiger partial charge in [-0.3, -0.25) is 9.59 Å². The second-order valence-corrected chi connectivity index (χ2v) is 6.25. The van der Waals surface area contributed by atoms with Crippen LogP contribution in [0.5, 0.6) is 0 Å². The van der Waals surface area contributed by atoms with E-state index in [2.05, 4.69) is 15.9 Å². The molecular weight excluding hydrogens is 339 g/mol. The fourth-order valence-corrected chi connectivity index (χ4v) is 2.90. The van der Waals surface area contributed by atoms with Gasteiger partial charge in [-0.25, -0.2) is 4.39 Å². The van der Waals surface area contributed by atoms with Crippen LogP contribution >= 0.6 is 15.9 Å². The van der Waals surface area contributed by atoms with Gasteiger partial charge in [-0.1, -0.05) is 6.07 Å². The quantitative estimate of drug-likeness (QED) is 0.816. The van der Waals surface area contributed by atoms with Crippen molar-refractivity contribution in [3.8, 4) is 0 Å². The zero-order valence-corrected chi connectivity index (χ0v) is 13.7. The molecule has 0 radical (unpaired) electrons. The maximum absolute atomic E-state index is 14.0. The molecule has 2 rings (SSSR count). The molecule has 0 aromatic heterocycles. The van der Waals surface area contributed by atoms with Crippen molar-refractivity contribution < 1.29 is 14.0 Å². The van der Waals surface area contributed by atoms with Crippen LogP contribution in [0.15, 0.2) is 22.7 Å². The molecule has 1 fully saturated rings. The second kappa shape index (κ2) is 6.56. The third kappa shape index (κ3) is 3.43. The summed E-state index contributed by atoms with van der Waals surface area (Å²) >= 11 is 3.09. The van der Waals surface area contributed by atoms with E-state index in [4.69, 9.17) is 0 Å². The first-order valence-electron chi connectivity index (χ1n) is 6.86. The number of likely N-dealkylation sites (tertiary alicyclic amines) is 1. The van der Waals surface area contributed by atoms with E-state index < -0.39 is 5.82 Å². The van der Waals surface area contributed by atoms with Crippen molar-refractivity contribution in [2.45, 2.75) is 12.8 Å². The van der Waals surface area contributed by atoms with Crippen LogP contribution in [0.25, 0.3) is 0 Å². The van der Waals surface area contributed by atoms with Gasteiger partial charge in [-0.15, -0.1) is 0 Å². The Hall–Kier alpha value is -1.43. The van der Waals surface area contributed by atoms with Crippen molar-refractivity contribution in [2.75, 3.05) is 27.2 Å². The summed E-state index contributed by atoms with van der Waals surface area (Å²) in [7, 11) is 3.47. The highest BCUT2D eigenvalue weighted by atomic mass is 79.9. The number of carbonyl (C=O) groups excluding carboxylic acids is 2. The minimum atomic E-state index is -0.533. The average Bonchev–Trinajstić information content (AvgIpc) is 2.48. The molecule has 6 heteroatoms. The first-order valence-corrected chi connectivity index (χ1v) is 7.65. The summed E-state index contributed by atoms with van der Waals surface area (Å²) in [5.74, 6) is -0.800. The Morgan fingerprint density at radius 2 is 1.90 bits per heavy atom. The smallest absolute Gasteiger partial charge is 0.256 e. The van der Waals surface area contributed by atoms with Crippen LogP contribution in [0.4, 0.5) is 4.39 Å². The van der Waals surface area contributed by atoms with Crippen molar-refractivity contribution in [3.05, 3.63) is 34.1 Å². The highest BCUT2D eigenvalue weighted by molar-refractivity contribution is 9.10. The molecule has 0 bridgehead atoms. The topological polar surface area (TPSA) is 40.6 Å². The van der Waals surface area contributed by atoms with Gasteiger partial charge >= 0.3 is 0 Å². The van der Waals surface area contributed by atoms with E-state index in [9.17, 15) is 14.0 Å². The van der Waals surface area contributed by atoms with Gasteiger partial charge in [0.05, 0.1) is 10.0 Å². The zero-order valence-electron chi connectivity index (χ0n) is 12.1. The number of carbonyl (C=O) groups is 2. The molecule has 0 spiro atoms. The van der Waals surface area contributed by atoms with Crippen molar-refractivity contribution in [3.63, 3.8) is 0 Å². The van der Waals surface area contributed by atoms with E-state index in [1.165, 1.54) is 6.07 Å². The Balaban J connectivity index is 2.04. The summed E-state index contributed by atoms with van der Waals surface area (Å²) in [4.78, 5) is 27.4. The molecule has 1 aromatic carbocycles. The van der Waals surface area contributed by atoms with E-state index in [1.54, 1.807) is 36.0 Å². The molecule has 0 aliphatic carbocycles. The number of hydrogen-bond donors (Lipinski definition) is 0. The Bertz CT molecular complexity index is 555. The number of hydrogen-bond acceptors (Lipinski definition) is 2. The molecule has 1 heterocycles. The summed E-state index contributed by atoms with van der Waals surface area (Å²) in [6, 6.07) is 4.69. The molecular formula is C15H18BrFN2O2. The first-order chi connectivity index (χ1) is 9.91. The van der Waals surface area contributed by atoms with Gasteiger partial charge in [0.1, 0.15) is 5.82 Å². The molecule has 4 nitrogen and oxygen atoms in total. The predicted molar refractivity (Wildman–Crippen MR) is 81.4 cm³/mol. The van der Waals surface area contributed by atoms with Gasteiger partial charge in [0.25, 0.3) is 5.91 Å². The number of nitrogens with zero attached hydrogens (tertiary/aromatic N) is 2. The molecule has 0 unspecified atom stereocenters. The molecule has 1 saturated heterocycles. The van der Waals surface area contributed by atoms with E-state index in [-0.39, 0.29) is 27.8 Å². The van der Waals surface area contributed by atoms with Gasteiger partial charge in [0.2, 0.25) is 5.91 Å². The van der Waals surface area contributed by atoms with Gasteiger partial charge in [0, 0.05) is 33.1 Å². The first kappa shape index (κ1) is 15.9. The lowest BCUT2D eigenvalue weighted by molar-refractivity contribution is -0.134. The van der Waals surface area contributed by atoms with E-state index >= 15 is 0 Å². The van der Waals surface area contributed by atoms with Crippen LogP contribution in [0.1, 0.15) is 23.2 Å². The Labute approximate surface area is 132 Å². The molecule has 1 aromatic rings. The zero-order chi connectivity index (χ0) is 15.6. The molecule has 0 N–H and O–H groups in total. The van der Waals surface area contributed by atoms with Crippen molar-refractivity contribution in [1.29, 1.82) is 0 Å². The SMILES string of the molecule is CN(C)C(=O)C1CCN(C(=O)c2cccc(Br)c2F)CC1. The molecule has 1 aliphatic heterocycles. The third-order valence-electron chi connectivity index (χ3n) is 3.75. The van der Waals surface area contributed by atoms with Gasteiger partial charge in [-0.05, 0) is 40.9 Å². The van der Waals surface area contributed by atoms with Crippen LogP contribution in [-0.2, 0) is 4.79 Å². The molecule has 21 heavy (non-hydrogen) atoms. The lowest BCUT2D eigenvalue weighted by Crippen LogP contribution is -2.43. The van der Waals surface area contributed by atoms with Gasteiger partial charge < -0.3 is 9.80 Å². The van der Waals surface area contributed by atoms with Gasteiger partial charge in [-0.2, -0.15) is 0 Å². The number of halogens is 2. The molecule has 0 saturated carbocycles. The van der Waals surface area contributed by atoms with E-state index in [0.717, 1.165) is 0 Å². The van der Waals surface area contributed by atoms with Gasteiger partial charge in [0.15, 0.2) is 0 Å². The summed E-state index contributed by atoms with van der Waals surface area (Å²) in [6.45, 7) is 0.962. The van der Waals surface area contributed by atoms with E-state index in [0.29, 0.717) is 25.9 Å². The largest absolute Gasteiger partial charge is 0.349 e. The van der Waals surface area contributed by atoms with Crippen molar-refractivity contribution >= 4 is 27.7 Å². The highest BCUT2D eigenvalue weighted by Gasteiger charge is 2.29. The third-order valence-corrected chi connectivity index (χ3v) is 4.37. The fraction of sp³-hybridized carbons (Fsp3) is 0.467. The second-order valence-electron chi connectivity index (χ2n) is 5.40. The molecule has 1 aliphatic rings. The lowest BCUT2D eigenvalue weighted by Gasteiger charge is -2.32. The number of benzene rings is 1. The minimum absolute atomic E-state index is 0.0450. The Morgan fingerprint density at radius 1 is 1.29 bits per heavy atom. The van der Waals surface area contributed by atoms with E-state index in [1.807, 2.05) is 0 Å².